The molecule has 1 rings (SSSR count). The van der Waals surface area contributed by atoms with Gasteiger partial charge in [-0.2, -0.15) is 0 Å². The predicted molar refractivity (Wildman–Crippen MR) is 59.5 cm³/mol. The molecule has 0 heterocycles. The van der Waals surface area contributed by atoms with E-state index in [9.17, 15) is 4.79 Å². The van der Waals surface area contributed by atoms with E-state index in [0.717, 1.165) is 25.9 Å². The molecule has 1 fully saturated rings. The smallest absolute Gasteiger partial charge is 0.222 e. The quantitative estimate of drug-likeness (QED) is 0.616. The molecule has 0 radical (unpaired) electrons. The van der Waals surface area contributed by atoms with Crippen LogP contribution in [0.2, 0.25) is 0 Å². The molecule has 0 bridgehead atoms. The molecule has 0 aromatic heterocycles. The van der Waals surface area contributed by atoms with Crippen LogP contribution in [-0.2, 0) is 9.53 Å². The first-order valence-electron chi connectivity index (χ1n) is 5.80. The van der Waals surface area contributed by atoms with Gasteiger partial charge >= 0.3 is 0 Å². The Morgan fingerprint density at radius 1 is 1.47 bits per heavy atom. The Balaban J connectivity index is 1.98. The largest absolute Gasteiger partial charge is 0.381 e. The van der Waals surface area contributed by atoms with Crippen molar-refractivity contribution >= 4 is 5.91 Å². The van der Waals surface area contributed by atoms with Gasteiger partial charge in [-0.15, -0.1) is 0 Å². The number of ether oxygens (including phenoxy) is 1. The Bertz CT molecular complexity index is 203. The monoisotopic (exact) mass is 214 g/mol. The zero-order valence-electron chi connectivity index (χ0n) is 9.55. The molecule has 4 heteroatoms. The van der Waals surface area contributed by atoms with E-state index >= 15 is 0 Å². The number of hydrogen-bond donors (Lipinski definition) is 2. The minimum Gasteiger partial charge on any atom is -0.381 e. The summed E-state index contributed by atoms with van der Waals surface area (Å²) in [6.07, 6.45) is 4.68. The lowest BCUT2D eigenvalue weighted by atomic mass is 9.78. The number of carbonyl (C=O) groups excluding carboxylic acids is 1. The van der Waals surface area contributed by atoms with Crippen molar-refractivity contribution in [2.45, 2.75) is 44.6 Å². The Morgan fingerprint density at radius 3 is 2.73 bits per heavy atom. The van der Waals surface area contributed by atoms with Crippen LogP contribution in [0, 0.1) is 0 Å². The topological polar surface area (TPSA) is 64.3 Å². The molecule has 3 N–H and O–H groups in total. The molecule has 0 saturated heterocycles. The third kappa shape index (κ3) is 4.62. The van der Waals surface area contributed by atoms with Gasteiger partial charge in [0, 0.05) is 25.1 Å². The fourth-order valence-electron chi connectivity index (χ4n) is 1.58. The molecular weight excluding hydrogens is 192 g/mol. The average Bonchev–Trinajstić information content (AvgIpc) is 2.19. The summed E-state index contributed by atoms with van der Waals surface area (Å²) >= 11 is 0. The van der Waals surface area contributed by atoms with E-state index in [-0.39, 0.29) is 11.4 Å². The van der Waals surface area contributed by atoms with E-state index in [2.05, 4.69) is 12.2 Å². The molecule has 0 spiro atoms. The van der Waals surface area contributed by atoms with E-state index in [0.29, 0.717) is 19.6 Å². The summed E-state index contributed by atoms with van der Waals surface area (Å²) < 4.78 is 5.23. The predicted octanol–water partition coefficient (Wildman–Crippen LogP) is 0.801. The van der Waals surface area contributed by atoms with Crippen LogP contribution < -0.4 is 11.1 Å². The first-order valence-corrected chi connectivity index (χ1v) is 5.80. The van der Waals surface area contributed by atoms with Gasteiger partial charge in [0.1, 0.15) is 0 Å². The van der Waals surface area contributed by atoms with Crippen LogP contribution in [-0.4, -0.2) is 31.2 Å². The molecule has 0 aromatic carbocycles. The molecule has 1 saturated carbocycles. The molecule has 1 amide bonds. The van der Waals surface area contributed by atoms with Gasteiger partial charge in [0.05, 0.1) is 6.61 Å². The average molecular weight is 214 g/mol. The van der Waals surface area contributed by atoms with Gasteiger partial charge in [-0.3, -0.25) is 4.79 Å². The summed E-state index contributed by atoms with van der Waals surface area (Å²) in [5.74, 6) is 0.0443. The lowest BCUT2D eigenvalue weighted by molar-refractivity contribution is -0.122. The molecule has 4 nitrogen and oxygen atoms in total. The van der Waals surface area contributed by atoms with E-state index in [4.69, 9.17) is 10.5 Å². The zero-order chi connectivity index (χ0) is 11.1. The van der Waals surface area contributed by atoms with Gasteiger partial charge in [0.15, 0.2) is 0 Å². The van der Waals surface area contributed by atoms with Gasteiger partial charge in [-0.25, -0.2) is 0 Å². The highest BCUT2D eigenvalue weighted by Crippen LogP contribution is 2.27. The molecule has 0 aliphatic heterocycles. The second-order valence-corrected chi connectivity index (χ2v) is 4.36. The van der Waals surface area contributed by atoms with Crippen molar-refractivity contribution in [2.75, 3.05) is 19.8 Å². The maximum atomic E-state index is 11.3. The SMILES string of the molecule is CCCOCCC(=O)NCC1(N)CCC1. The Labute approximate surface area is 91.5 Å². The van der Waals surface area contributed by atoms with Crippen LogP contribution in [0.4, 0.5) is 0 Å². The summed E-state index contributed by atoms with van der Waals surface area (Å²) in [6.45, 7) is 3.90. The summed E-state index contributed by atoms with van der Waals surface area (Å²) in [4.78, 5) is 11.3. The lowest BCUT2D eigenvalue weighted by Crippen LogP contribution is -2.55. The molecule has 1 aliphatic carbocycles. The molecule has 88 valence electrons. The van der Waals surface area contributed by atoms with Crippen molar-refractivity contribution in [3.63, 3.8) is 0 Å². The molecular formula is C11H22N2O2. The van der Waals surface area contributed by atoms with Gasteiger partial charge in [-0.1, -0.05) is 6.92 Å². The maximum absolute atomic E-state index is 11.3. The van der Waals surface area contributed by atoms with Crippen LogP contribution in [0.1, 0.15) is 39.0 Å². The number of hydrogen-bond acceptors (Lipinski definition) is 3. The molecule has 0 aromatic rings. The number of carbonyl (C=O) groups is 1. The number of nitrogens with two attached hydrogens (primary N) is 1. The van der Waals surface area contributed by atoms with Crippen LogP contribution in [0.15, 0.2) is 0 Å². The van der Waals surface area contributed by atoms with Crippen LogP contribution in [0.3, 0.4) is 0 Å². The minimum atomic E-state index is -0.125. The lowest BCUT2D eigenvalue weighted by Gasteiger charge is -2.38. The number of amides is 1. The second-order valence-electron chi connectivity index (χ2n) is 4.36. The van der Waals surface area contributed by atoms with Crippen molar-refractivity contribution in [3.05, 3.63) is 0 Å². The highest BCUT2D eigenvalue weighted by molar-refractivity contribution is 5.76. The second kappa shape index (κ2) is 6.08. The van der Waals surface area contributed by atoms with Crippen LogP contribution in [0.25, 0.3) is 0 Å². The van der Waals surface area contributed by atoms with E-state index in [1.165, 1.54) is 6.42 Å². The van der Waals surface area contributed by atoms with E-state index in [1.54, 1.807) is 0 Å². The van der Waals surface area contributed by atoms with Gasteiger partial charge in [0.2, 0.25) is 5.91 Å². The zero-order valence-corrected chi connectivity index (χ0v) is 9.55. The summed E-state index contributed by atoms with van der Waals surface area (Å²) in [5.41, 5.74) is 5.86. The fraction of sp³-hybridized carbons (Fsp3) is 0.909. The van der Waals surface area contributed by atoms with Crippen molar-refractivity contribution < 1.29 is 9.53 Å². The Hall–Kier alpha value is -0.610. The van der Waals surface area contributed by atoms with Gasteiger partial charge in [0.25, 0.3) is 0 Å². The van der Waals surface area contributed by atoms with Gasteiger partial charge < -0.3 is 15.8 Å². The highest BCUT2D eigenvalue weighted by atomic mass is 16.5. The third-order valence-corrected chi connectivity index (χ3v) is 2.81. The maximum Gasteiger partial charge on any atom is 0.222 e. The van der Waals surface area contributed by atoms with Crippen LogP contribution in [0.5, 0.6) is 0 Å². The standard InChI is InChI=1S/C11H22N2O2/c1-2-7-15-8-4-10(14)13-9-11(12)5-3-6-11/h2-9,12H2,1H3,(H,13,14). The molecule has 15 heavy (non-hydrogen) atoms. The first kappa shape index (κ1) is 12.5. The molecule has 0 atom stereocenters. The first-order chi connectivity index (χ1) is 7.16. The fourth-order valence-corrected chi connectivity index (χ4v) is 1.58. The van der Waals surface area contributed by atoms with E-state index in [1.807, 2.05) is 0 Å². The highest BCUT2D eigenvalue weighted by Gasteiger charge is 2.32. The normalized spacial score (nSPS) is 18.3. The summed E-state index contributed by atoms with van der Waals surface area (Å²) in [7, 11) is 0. The van der Waals surface area contributed by atoms with Gasteiger partial charge in [-0.05, 0) is 25.7 Å². The van der Waals surface area contributed by atoms with E-state index < -0.39 is 0 Å². The Kier molecular flexibility index (Phi) is 5.05. The van der Waals surface area contributed by atoms with Crippen molar-refractivity contribution in [3.8, 4) is 0 Å². The summed E-state index contributed by atoms with van der Waals surface area (Å²) in [5, 5.41) is 2.86. The Morgan fingerprint density at radius 2 is 2.20 bits per heavy atom. The van der Waals surface area contributed by atoms with Crippen LogP contribution >= 0.6 is 0 Å². The molecule has 1 aliphatic rings. The molecule has 0 unspecified atom stereocenters. The van der Waals surface area contributed by atoms with Crippen molar-refractivity contribution in [1.82, 2.24) is 5.32 Å². The minimum absolute atomic E-state index is 0.0443. The third-order valence-electron chi connectivity index (χ3n) is 2.81. The van der Waals surface area contributed by atoms with Crippen molar-refractivity contribution in [1.29, 1.82) is 0 Å². The number of rotatable bonds is 7. The number of nitrogens with one attached hydrogen (secondary N) is 1. The van der Waals surface area contributed by atoms with Crippen molar-refractivity contribution in [2.24, 2.45) is 5.73 Å². The summed E-state index contributed by atoms with van der Waals surface area (Å²) in [6, 6.07) is 0.